The van der Waals surface area contributed by atoms with Crippen LogP contribution in [0.4, 0.5) is 0 Å². The lowest BCUT2D eigenvalue weighted by Gasteiger charge is -2.21. The molecule has 0 amide bonds. The SMILES string of the molecule is CCC(C)CCCCCCCCCCCCC(=O)O[C@H](COC(=O)CCCCCCCCCC(C)C)COP(=O)(O)OCC(O)COP(=O)(O)OC[C@@H](COC(=O)CCCCCCCCCCCCCCCCCC(C)C)OC(=O)CCCCCCCCCCCCCCC(C)C. The minimum Gasteiger partial charge on any atom is -0.462 e. The number of hydrogen-bond acceptors (Lipinski definition) is 15. The molecule has 19 heteroatoms. The van der Waals surface area contributed by atoms with Crippen LogP contribution >= 0.6 is 15.6 Å². The highest BCUT2D eigenvalue weighted by molar-refractivity contribution is 7.47. The third-order valence-electron chi connectivity index (χ3n) is 18.4. The van der Waals surface area contributed by atoms with Crippen LogP contribution in [0.25, 0.3) is 0 Å². The van der Waals surface area contributed by atoms with Crippen molar-refractivity contribution < 1.29 is 80.2 Å². The number of esters is 4. The van der Waals surface area contributed by atoms with Crippen molar-refractivity contribution in [2.75, 3.05) is 39.6 Å². The molecule has 0 spiro atoms. The lowest BCUT2D eigenvalue weighted by Crippen LogP contribution is -2.30. The van der Waals surface area contributed by atoms with E-state index in [-0.39, 0.29) is 25.7 Å². The highest BCUT2D eigenvalue weighted by Crippen LogP contribution is 2.45. The smallest absolute Gasteiger partial charge is 0.462 e. The summed E-state index contributed by atoms with van der Waals surface area (Å²) in [6, 6.07) is 0. The molecule has 0 rings (SSSR count). The quantitative estimate of drug-likeness (QED) is 0.0222. The Balaban J connectivity index is 5.25. The fourth-order valence-corrected chi connectivity index (χ4v) is 13.5. The number of ether oxygens (including phenoxy) is 4. The summed E-state index contributed by atoms with van der Waals surface area (Å²) >= 11 is 0. The Bertz CT molecular complexity index is 1900. The number of rotatable bonds is 75. The van der Waals surface area contributed by atoms with E-state index in [1.165, 1.54) is 193 Å². The molecule has 0 fully saturated rings. The molecule has 0 aromatic rings. The Morgan fingerprint density at radius 2 is 0.495 bits per heavy atom. The number of carbonyl (C=O) groups excluding carboxylic acids is 4. The lowest BCUT2D eigenvalue weighted by atomic mass is 9.99. The van der Waals surface area contributed by atoms with Crippen LogP contribution in [0, 0.1) is 23.7 Å². The van der Waals surface area contributed by atoms with E-state index in [9.17, 15) is 43.2 Å². The lowest BCUT2D eigenvalue weighted by molar-refractivity contribution is -0.161. The average Bonchev–Trinajstić information content (AvgIpc) is 1.16. The third-order valence-corrected chi connectivity index (χ3v) is 20.3. The molecule has 0 aliphatic heterocycles. The first-order valence-electron chi connectivity index (χ1n) is 40.2. The fraction of sp³-hybridized carbons (Fsp3) is 0.949. The van der Waals surface area contributed by atoms with Gasteiger partial charge in [-0.15, -0.1) is 0 Å². The van der Waals surface area contributed by atoms with Crippen molar-refractivity contribution in [3.05, 3.63) is 0 Å². The van der Waals surface area contributed by atoms with Gasteiger partial charge in [-0.05, 0) is 49.4 Å². The van der Waals surface area contributed by atoms with Crippen LogP contribution in [0.15, 0.2) is 0 Å². The van der Waals surface area contributed by atoms with Crippen molar-refractivity contribution in [3.63, 3.8) is 0 Å². The van der Waals surface area contributed by atoms with E-state index in [0.29, 0.717) is 31.6 Å². The zero-order valence-electron chi connectivity index (χ0n) is 63.7. The molecule has 6 atom stereocenters. The number of aliphatic hydroxyl groups excluding tert-OH is 1. The number of phosphoric ester groups is 2. The van der Waals surface area contributed by atoms with Crippen LogP contribution in [0.3, 0.4) is 0 Å². The Kier molecular flexibility index (Phi) is 65.9. The van der Waals surface area contributed by atoms with Gasteiger partial charge in [0.1, 0.15) is 19.3 Å². The second kappa shape index (κ2) is 67.2. The monoisotopic (exact) mass is 1420 g/mol. The van der Waals surface area contributed by atoms with Gasteiger partial charge in [0.05, 0.1) is 26.4 Å². The van der Waals surface area contributed by atoms with Crippen molar-refractivity contribution in [2.24, 2.45) is 23.7 Å². The minimum absolute atomic E-state index is 0.105. The van der Waals surface area contributed by atoms with Gasteiger partial charge >= 0.3 is 39.5 Å². The summed E-state index contributed by atoms with van der Waals surface area (Å²) in [4.78, 5) is 72.9. The van der Waals surface area contributed by atoms with Gasteiger partial charge in [0.2, 0.25) is 0 Å². The first-order valence-corrected chi connectivity index (χ1v) is 43.2. The molecule has 576 valence electrons. The molecule has 0 aliphatic carbocycles. The van der Waals surface area contributed by atoms with Crippen molar-refractivity contribution >= 4 is 39.5 Å². The standard InChI is InChI=1S/C78H152O17P2/c1-9-71(8)57-49-41-33-25-21-22-28-36-45-53-61-78(83)95-74(65-89-76(81)59-51-43-37-29-32-40-48-56-70(6)7)67-93-97(86,87)91-63-72(79)62-90-96(84,85)92-66-73(94-77(82)60-52-44-35-27-20-16-15-18-24-31-39-47-55-69(4)5)64-88-75(80)58-50-42-34-26-19-14-12-10-11-13-17-23-30-38-46-54-68(2)3/h68-74,79H,9-67H2,1-8H3,(H,84,85)(H,86,87)/t71?,72?,73-,74-/m1/s1. The summed E-state index contributed by atoms with van der Waals surface area (Å²) in [7, 11) is -9.92. The van der Waals surface area contributed by atoms with Gasteiger partial charge < -0.3 is 33.8 Å². The normalized spacial score (nSPS) is 14.4. The first kappa shape index (κ1) is 95.1. The maximum Gasteiger partial charge on any atom is 0.472 e. The predicted octanol–water partition coefficient (Wildman–Crippen LogP) is 22.8. The first-order chi connectivity index (χ1) is 46.6. The van der Waals surface area contributed by atoms with Crippen molar-refractivity contribution in [3.8, 4) is 0 Å². The fourth-order valence-electron chi connectivity index (χ4n) is 11.9. The zero-order chi connectivity index (χ0) is 71.7. The molecular formula is C78H152O17P2. The summed E-state index contributed by atoms with van der Waals surface area (Å²) in [5, 5.41) is 10.6. The van der Waals surface area contributed by atoms with E-state index in [1.807, 2.05) is 0 Å². The molecule has 97 heavy (non-hydrogen) atoms. The number of phosphoric acid groups is 2. The minimum atomic E-state index is -4.96. The molecule has 0 aromatic heterocycles. The maximum atomic E-state index is 13.1. The molecule has 0 saturated heterocycles. The largest absolute Gasteiger partial charge is 0.472 e. The summed E-state index contributed by atoms with van der Waals surface area (Å²) in [6.45, 7) is 14.2. The predicted molar refractivity (Wildman–Crippen MR) is 395 cm³/mol. The van der Waals surface area contributed by atoms with Gasteiger partial charge in [-0.1, -0.05) is 344 Å². The van der Waals surface area contributed by atoms with Crippen molar-refractivity contribution in [1.29, 1.82) is 0 Å². The maximum absolute atomic E-state index is 13.1. The average molecular weight is 1420 g/mol. The molecule has 0 radical (unpaired) electrons. The van der Waals surface area contributed by atoms with Crippen LogP contribution < -0.4 is 0 Å². The highest BCUT2D eigenvalue weighted by atomic mass is 31.2. The van der Waals surface area contributed by atoms with Crippen LogP contribution in [0.1, 0.15) is 396 Å². The summed E-state index contributed by atoms with van der Waals surface area (Å²) in [6.07, 6.45) is 52.7. The van der Waals surface area contributed by atoms with Gasteiger partial charge in [0.15, 0.2) is 12.2 Å². The van der Waals surface area contributed by atoms with Gasteiger partial charge in [0, 0.05) is 25.7 Å². The summed E-state index contributed by atoms with van der Waals surface area (Å²) in [5.41, 5.74) is 0. The van der Waals surface area contributed by atoms with Crippen molar-refractivity contribution in [1.82, 2.24) is 0 Å². The molecule has 0 aromatic carbocycles. The summed E-state index contributed by atoms with van der Waals surface area (Å²) in [5.74, 6) is 0.973. The van der Waals surface area contributed by atoms with E-state index < -0.39 is 97.5 Å². The van der Waals surface area contributed by atoms with Crippen LogP contribution in [-0.4, -0.2) is 96.7 Å². The molecule has 0 heterocycles. The molecule has 0 saturated carbocycles. The second-order valence-electron chi connectivity index (χ2n) is 29.8. The number of aliphatic hydroxyl groups is 1. The van der Waals surface area contributed by atoms with Crippen LogP contribution in [0.5, 0.6) is 0 Å². The number of unbranched alkanes of at least 4 members (excludes halogenated alkanes) is 40. The van der Waals surface area contributed by atoms with E-state index in [4.69, 9.17) is 37.0 Å². The topological polar surface area (TPSA) is 237 Å². The molecule has 0 bridgehead atoms. The van der Waals surface area contributed by atoms with Crippen molar-refractivity contribution in [2.45, 2.75) is 414 Å². The van der Waals surface area contributed by atoms with E-state index in [1.54, 1.807) is 0 Å². The van der Waals surface area contributed by atoms with E-state index in [2.05, 4.69) is 55.4 Å². The van der Waals surface area contributed by atoms with Gasteiger partial charge in [-0.25, -0.2) is 9.13 Å². The Labute approximate surface area is 594 Å². The van der Waals surface area contributed by atoms with Crippen LogP contribution in [-0.2, 0) is 65.4 Å². The molecule has 17 nitrogen and oxygen atoms in total. The number of carbonyl (C=O) groups is 4. The third kappa shape index (κ3) is 70.9. The van der Waals surface area contributed by atoms with Crippen LogP contribution in [0.2, 0.25) is 0 Å². The zero-order valence-corrected chi connectivity index (χ0v) is 65.5. The molecule has 3 N–H and O–H groups in total. The second-order valence-corrected chi connectivity index (χ2v) is 32.7. The molecule has 0 aliphatic rings. The Hall–Kier alpha value is -1.94. The van der Waals surface area contributed by atoms with Gasteiger partial charge in [-0.2, -0.15) is 0 Å². The van der Waals surface area contributed by atoms with Gasteiger partial charge in [-0.3, -0.25) is 37.3 Å². The Morgan fingerprint density at radius 3 is 0.732 bits per heavy atom. The van der Waals surface area contributed by atoms with E-state index in [0.717, 1.165) is 114 Å². The highest BCUT2D eigenvalue weighted by Gasteiger charge is 2.30. The van der Waals surface area contributed by atoms with Gasteiger partial charge in [0.25, 0.3) is 0 Å². The summed E-state index contributed by atoms with van der Waals surface area (Å²) < 4.78 is 68.6. The van der Waals surface area contributed by atoms with E-state index >= 15 is 0 Å². The molecule has 4 unspecified atom stereocenters. The Morgan fingerprint density at radius 1 is 0.289 bits per heavy atom. The number of hydrogen-bond donors (Lipinski definition) is 3. The molecular weight excluding hydrogens is 1270 g/mol.